The van der Waals surface area contributed by atoms with Crippen LogP contribution < -0.4 is 15.0 Å². The number of fused-ring (bicyclic) bond motifs is 1. The lowest BCUT2D eigenvalue weighted by Gasteiger charge is -2.45. The number of nitrogens with one attached hydrogen (secondary N) is 1. The third-order valence-corrected chi connectivity index (χ3v) is 7.14. The number of ether oxygens (including phenoxy) is 1. The van der Waals surface area contributed by atoms with E-state index in [4.69, 9.17) is 16.3 Å². The average Bonchev–Trinajstić information content (AvgIpc) is 3.06. The second-order valence-electron chi connectivity index (χ2n) is 8.59. The minimum Gasteiger partial charge on any atom is -0.496 e. The first-order chi connectivity index (χ1) is 14.7. The number of anilines is 1. The Labute approximate surface area is 192 Å². The Bertz CT molecular complexity index is 1090. The Kier molecular flexibility index (Phi) is 5.79. The summed E-state index contributed by atoms with van der Waals surface area (Å²) in [5.74, 6) is 1.000. The number of benzene rings is 2. The summed E-state index contributed by atoms with van der Waals surface area (Å²) in [6.07, 6.45) is 2.95. The molecule has 1 fully saturated rings. The van der Waals surface area contributed by atoms with Crippen LogP contribution in [0.5, 0.6) is 5.75 Å². The maximum absolute atomic E-state index is 12.6. The van der Waals surface area contributed by atoms with E-state index in [0.29, 0.717) is 21.0 Å². The third kappa shape index (κ3) is 4.32. The first-order valence-corrected chi connectivity index (χ1v) is 11.4. The molecular weight excluding hydrogens is 430 g/mol. The van der Waals surface area contributed by atoms with Gasteiger partial charge in [-0.15, -0.1) is 0 Å². The van der Waals surface area contributed by atoms with Crippen molar-refractivity contribution in [2.45, 2.75) is 38.6 Å². The highest BCUT2D eigenvalue weighted by molar-refractivity contribution is 8.18. The van der Waals surface area contributed by atoms with Crippen LogP contribution in [0.1, 0.15) is 44.2 Å². The summed E-state index contributed by atoms with van der Waals surface area (Å²) in [7, 11) is 3.79. The number of carbonyl (C=O) groups is 1. The number of hydrogen-bond acceptors (Lipinski definition) is 5. The van der Waals surface area contributed by atoms with Crippen molar-refractivity contribution in [3.05, 3.63) is 57.5 Å². The standard InChI is InChI=1S/C24H26ClN3O2S/c1-14-13-24(2,3)28(4)19-12-20(30-5)15(10-18(14)19)11-21-22(29)27-23(31-21)26-17-8-6-16(25)7-9-17/h6-12,14H,13H2,1-5H3,(H,26,27,29)/b21-11+. The lowest BCUT2D eigenvalue weighted by Crippen LogP contribution is -2.45. The van der Waals surface area contributed by atoms with E-state index in [1.807, 2.05) is 18.2 Å². The second-order valence-corrected chi connectivity index (χ2v) is 10.1. The zero-order chi connectivity index (χ0) is 22.3. The Morgan fingerprint density at radius 2 is 2.00 bits per heavy atom. The quantitative estimate of drug-likeness (QED) is 0.580. The molecular formula is C24H26ClN3O2S. The number of hydrogen-bond donors (Lipinski definition) is 1. The van der Waals surface area contributed by atoms with E-state index >= 15 is 0 Å². The summed E-state index contributed by atoms with van der Waals surface area (Å²) in [5, 5.41) is 4.03. The van der Waals surface area contributed by atoms with Crippen LogP contribution >= 0.6 is 23.4 Å². The highest BCUT2D eigenvalue weighted by Gasteiger charge is 2.35. The van der Waals surface area contributed by atoms with Gasteiger partial charge in [0.15, 0.2) is 5.17 Å². The van der Waals surface area contributed by atoms with Gasteiger partial charge in [-0.2, -0.15) is 0 Å². The number of rotatable bonds is 3. The Balaban J connectivity index is 1.68. The molecule has 0 spiro atoms. The number of thioether (sulfide) groups is 1. The van der Waals surface area contributed by atoms with Crippen molar-refractivity contribution in [2.75, 3.05) is 19.1 Å². The molecule has 5 nitrogen and oxygen atoms in total. The molecule has 4 rings (SSSR count). The first-order valence-electron chi connectivity index (χ1n) is 10.2. The lowest BCUT2D eigenvalue weighted by molar-refractivity contribution is -0.115. The largest absolute Gasteiger partial charge is 0.496 e. The lowest BCUT2D eigenvalue weighted by atomic mass is 9.80. The summed E-state index contributed by atoms with van der Waals surface area (Å²) < 4.78 is 5.69. The molecule has 0 aliphatic carbocycles. The monoisotopic (exact) mass is 455 g/mol. The number of halogens is 1. The molecule has 1 saturated heterocycles. The van der Waals surface area contributed by atoms with Crippen LogP contribution in [0.2, 0.25) is 5.02 Å². The minimum absolute atomic E-state index is 0.0750. The molecule has 0 aromatic heterocycles. The van der Waals surface area contributed by atoms with Crippen LogP contribution in [0, 0.1) is 0 Å². The van der Waals surface area contributed by atoms with Crippen LogP contribution in [-0.4, -0.2) is 30.8 Å². The van der Waals surface area contributed by atoms with Gasteiger partial charge >= 0.3 is 0 Å². The minimum atomic E-state index is -0.163. The summed E-state index contributed by atoms with van der Waals surface area (Å²) in [6, 6.07) is 11.4. The SMILES string of the molecule is COc1cc2c(cc1/C=C1/SC(=Nc3ccc(Cl)cc3)NC1=O)C(C)CC(C)(C)N2C. The highest BCUT2D eigenvalue weighted by Crippen LogP contribution is 2.45. The topological polar surface area (TPSA) is 53.9 Å². The molecule has 31 heavy (non-hydrogen) atoms. The predicted octanol–water partition coefficient (Wildman–Crippen LogP) is 5.96. The number of carbonyl (C=O) groups excluding carboxylic acids is 1. The summed E-state index contributed by atoms with van der Waals surface area (Å²) in [5.41, 5.74) is 4.15. The second kappa shape index (κ2) is 8.24. The molecule has 1 amide bonds. The Hall–Kier alpha value is -2.44. The fourth-order valence-electron chi connectivity index (χ4n) is 4.16. The van der Waals surface area contributed by atoms with Crippen molar-refractivity contribution in [2.24, 2.45) is 4.99 Å². The maximum Gasteiger partial charge on any atom is 0.264 e. The highest BCUT2D eigenvalue weighted by atomic mass is 35.5. The smallest absolute Gasteiger partial charge is 0.264 e. The molecule has 162 valence electrons. The van der Waals surface area contributed by atoms with Crippen LogP contribution in [0.25, 0.3) is 6.08 Å². The number of amidine groups is 1. The van der Waals surface area contributed by atoms with E-state index in [-0.39, 0.29) is 11.4 Å². The molecule has 7 heteroatoms. The molecule has 2 aliphatic rings. The molecule has 1 atom stereocenters. The Morgan fingerprint density at radius 3 is 2.68 bits per heavy atom. The van der Waals surface area contributed by atoms with Crippen LogP contribution in [0.15, 0.2) is 46.3 Å². The van der Waals surface area contributed by atoms with Gasteiger partial charge in [0.2, 0.25) is 0 Å². The normalized spacial score (nSPS) is 22.6. The maximum atomic E-state index is 12.6. The van der Waals surface area contributed by atoms with Gasteiger partial charge in [-0.05, 0) is 79.9 Å². The fraction of sp³-hybridized carbons (Fsp3) is 0.333. The van der Waals surface area contributed by atoms with Gasteiger partial charge in [0.25, 0.3) is 5.91 Å². The molecule has 2 aromatic carbocycles. The van der Waals surface area contributed by atoms with E-state index in [0.717, 1.165) is 23.4 Å². The number of amides is 1. The van der Waals surface area contributed by atoms with Crippen molar-refractivity contribution < 1.29 is 9.53 Å². The van der Waals surface area contributed by atoms with Crippen molar-refractivity contribution in [3.8, 4) is 5.75 Å². The molecule has 0 radical (unpaired) electrons. The fourth-order valence-corrected chi connectivity index (χ4v) is 5.11. The van der Waals surface area contributed by atoms with Gasteiger partial charge < -0.3 is 15.0 Å². The van der Waals surface area contributed by atoms with Gasteiger partial charge in [-0.3, -0.25) is 4.79 Å². The molecule has 0 saturated carbocycles. The predicted molar refractivity (Wildman–Crippen MR) is 131 cm³/mol. The number of nitrogens with zero attached hydrogens (tertiary/aromatic N) is 2. The molecule has 2 heterocycles. The van der Waals surface area contributed by atoms with Gasteiger partial charge in [0, 0.05) is 34.9 Å². The molecule has 2 aromatic rings. The van der Waals surface area contributed by atoms with Gasteiger partial charge in [-0.1, -0.05) is 18.5 Å². The number of methoxy groups -OCH3 is 1. The number of aliphatic imine (C=N–C) groups is 1. The zero-order valence-corrected chi connectivity index (χ0v) is 19.9. The van der Waals surface area contributed by atoms with Gasteiger partial charge in [-0.25, -0.2) is 4.99 Å². The zero-order valence-electron chi connectivity index (χ0n) is 18.3. The van der Waals surface area contributed by atoms with E-state index in [1.165, 1.54) is 23.0 Å². The molecule has 0 bridgehead atoms. The van der Waals surface area contributed by atoms with Crippen molar-refractivity contribution in [3.63, 3.8) is 0 Å². The summed E-state index contributed by atoms with van der Waals surface area (Å²) in [6.45, 7) is 6.77. The van der Waals surface area contributed by atoms with Gasteiger partial charge in [0.05, 0.1) is 17.7 Å². The van der Waals surface area contributed by atoms with Gasteiger partial charge in [0.1, 0.15) is 5.75 Å². The van der Waals surface area contributed by atoms with Crippen molar-refractivity contribution >= 4 is 51.9 Å². The Morgan fingerprint density at radius 1 is 1.29 bits per heavy atom. The van der Waals surface area contributed by atoms with Crippen LogP contribution in [0.4, 0.5) is 11.4 Å². The first kappa shape index (κ1) is 21.8. The third-order valence-electron chi connectivity index (χ3n) is 5.98. The molecule has 2 aliphatic heterocycles. The van der Waals surface area contributed by atoms with E-state index < -0.39 is 0 Å². The van der Waals surface area contributed by atoms with Crippen LogP contribution in [-0.2, 0) is 4.79 Å². The molecule has 1 unspecified atom stereocenters. The van der Waals surface area contributed by atoms with E-state index in [2.05, 4.69) is 55.2 Å². The van der Waals surface area contributed by atoms with E-state index in [1.54, 1.807) is 19.2 Å². The summed E-state index contributed by atoms with van der Waals surface area (Å²) in [4.78, 5) is 20.0. The average molecular weight is 456 g/mol. The van der Waals surface area contributed by atoms with Crippen LogP contribution in [0.3, 0.4) is 0 Å². The summed E-state index contributed by atoms with van der Waals surface area (Å²) >= 11 is 7.25. The van der Waals surface area contributed by atoms with Crippen molar-refractivity contribution in [1.82, 2.24) is 5.32 Å². The molecule has 1 N–H and O–H groups in total. The van der Waals surface area contributed by atoms with E-state index in [9.17, 15) is 4.79 Å². The van der Waals surface area contributed by atoms with Crippen molar-refractivity contribution in [1.29, 1.82) is 0 Å².